The van der Waals surface area contributed by atoms with Crippen LogP contribution in [0, 0.1) is 5.92 Å². The predicted octanol–water partition coefficient (Wildman–Crippen LogP) is 4.83. The summed E-state index contributed by atoms with van der Waals surface area (Å²) in [6.45, 7) is 7.00. The van der Waals surface area contributed by atoms with Crippen LogP contribution in [0.4, 0.5) is 0 Å². The maximum absolute atomic E-state index is 12.1. The van der Waals surface area contributed by atoms with Crippen molar-refractivity contribution in [3.63, 3.8) is 0 Å². The molecule has 0 aliphatic carbocycles. The topological polar surface area (TPSA) is 89.9 Å². The zero-order valence-electron chi connectivity index (χ0n) is 17.4. The van der Waals surface area contributed by atoms with Crippen LogP contribution in [0.5, 0.6) is 0 Å². The molecule has 0 saturated carbocycles. The summed E-state index contributed by atoms with van der Waals surface area (Å²) in [6, 6.07) is 0. The molecule has 0 heterocycles. The Balaban J connectivity index is 4.08. The maximum Gasteiger partial charge on any atom is 0.333 e. The Morgan fingerprint density at radius 1 is 0.964 bits per heavy atom. The first-order valence-corrected chi connectivity index (χ1v) is 10.2. The summed E-state index contributed by atoms with van der Waals surface area (Å²) in [4.78, 5) is 34.3. The van der Waals surface area contributed by atoms with Gasteiger partial charge in [0.15, 0.2) is 0 Å². The quantitative estimate of drug-likeness (QED) is 0.164. The van der Waals surface area contributed by atoms with Crippen LogP contribution in [0.15, 0.2) is 24.3 Å². The Morgan fingerprint density at radius 3 is 2.18 bits per heavy atom. The van der Waals surface area contributed by atoms with Crippen LogP contribution in [-0.2, 0) is 23.9 Å². The molecule has 1 N–H and O–H groups in total. The third kappa shape index (κ3) is 15.0. The van der Waals surface area contributed by atoms with Gasteiger partial charge in [-0.3, -0.25) is 9.59 Å². The molecule has 0 fully saturated rings. The number of ether oxygens (including phenoxy) is 2. The van der Waals surface area contributed by atoms with Crippen molar-refractivity contribution >= 4 is 17.9 Å². The van der Waals surface area contributed by atoms with Crippen LogP contribution in [0.25, 0.3) is 0 Å². The molecule has 0 bridgehead atoms. The zero-order chi connectivity index (χ0) is 21.2. The van der Waals surface area contributed by atoms with Crippen LogP contribution in [0.1, 0.15) is 78.1 Å². The highest BCUT2D eigenvalue weighted by Gasteiger charge is 2.22. The molecule has 1 unspecified atom stereocenters. The van der Waals surface area contributed by atoms with Gasteiger partial charge in [0, 0.05) is 5.57 Å². The second-order valence-electron chi connectivity index (χ2n) is 7.00. The van der Waals surface area contributed by atoms with Crippen molar-refractivity contribution in [1.29, 1.82) is 0 Å². The number of aliphatic carboxylic acids is 1. The highest BCUT2D eigenvalue weighted by Crippen LogP contribution is 2.14. The Labute approximate surface area is 169 Å². The molecule has 0 saturated heterocycles. The van der Waals surface area contributed by atoms with E-state index in [1.807, 2.05) is 12.2 Å². The van der Waals surface area contributed by atoms with Crippen molar-refractivity contribution in [2.45, 2.75) is 78.1 Å². The van der Waals surface area contributed by atoms with E-state index in [0.717, 1.165) is 12.8 Å². The number of esters is 2. The van der Waals surface area contributed by atoms with E-state index in [4.69, 9.17) is 14.6 Å². The first-order chi connectivity index (χ1) is 13.4. The smallest absolute Gasteiger partial charge is 0.333 e. The molecule has 6 heteroatoms. The number of hydrogen-bond acceptors (Lipinski definition) is 5. The van der Waals surface area contributed by atoms with Gasteiger partial charge in [0.2, 0.25) is 0 Å². The third-order valence-electron chi connectivity index (χ3n) is 4.23. The predicted molar refractivity (Wildman–Crippen MR) is 109 cm³/mol. The van der Waals surface area contributed by atoms with Gasteiger partial charge < -0.3 is 14.6 Å². The Bertz CT molecular complexity index is 509. The number of carboxylic acid groups (broad SMARTS) is 1. The molecule has 0 aromatic heterocycles. The van der Waals surface area contributed by atoms with E-state index in [1.165, 1.54) is 45.4 Å². The van der Waals surface area contributed by atoms with E-state index in [9.17, 15) is 14.4 Å². The molecule has 0 amide bonds. The van der Waals surface area contributed by atoms with E-state index in [-0.39, 0.29) is 25.2 Å². The number of allylic oxidation sites excluding steroid dienone is 2. The summed E-state index contributed by atoms with van der Waals surface area (Å²) < 4.78 is 9.87. The second kappa shape index (κ2) is 17.0. The van der Waals surface area contributed by atoms with Gasteiger partial charge in [-0.1, -0.05) is 64.2 Å². The fourth-order valence-corrected chi connectivity index (χ4v) is 2.59. The van der Waals surface area contributed by atoms with Crippen molar-refractivity contribution < 1.29 is 29.0 Å². The first-order valence-electron chi connectivity index (χ1n) is 10.2. The Kier molecular flexibility index (Phi) is 15.7. The average Bonchev–Trinajstić information content (AvgIpc) is 2.64. The minimum Gasteiger partial charge on any atom is -0.481 e. The lowest BCUT2D eigenvalue weighted by Gasteiger charge is -2.12. The molecule has 0 radical (unpaired) electrons. The van der Waals surface area contributed by atoms with Gasteiger partial charge in [-0.25, -0.2) is 4.79 Å². The first kappa shape index (κ1) is 25.9. The highest BCUT2D eigenvalue weighted by molar-refractivity contribution is 5.86. The second-order valence-corrected chi connectivity index (χ2v) is 7.00. The summed E-state index contributed by atoms with van der Waals surface area (Å²) in [5.74, 6) is -2.92. The number of hydrogen-bond donors (Lipinski definition) is 1. The van der Waals surface area contributed by atoms with Crippen molar-refractivity contribution in [2.24, 2.45) is 5.92 Å². The summed E-state index contributed by atoms with van der Waals surface area (Å²) in [7, 11) is 0. The summed E-state index contributed by atoms with van der Waals surface area (Å²) in [5.41, 5.74) is 0.265. The molecule has 0 aromatic rings. The van der Waals surface area contributed by atoms with Crippen molar-refractivity contribution in [3.05, 3.63) is 24.3 Å². The van der Waals surface area contributed by atoms with E-state index < -0.39 is 23.8 Å². The number of carbonyl (C=O) groups is 3. The van der Waals surface area contributed by atoms with Crippen molar-refractivity contribution in [1.82, 2.24) is 0 Å². The third-order valence-corrected chi connectivity index (χ3v) is 4.23. The molecule has 0 aromatic carbocycles. The molecule has 0 spiro atoms. The Hall–Kier alpha value is -2.11. The largest absolute Gasteiger partial charge is 0.481 e. The number of carboxylic acids is 1. The Morgan fingerprint density at radius 2 is 1.57 bits per heavy atom. The summed E-state index contributed by atoms with van der Waals surface area (Å²) >= 11 is 0. The minimum atomic E-state index is -1.05. The van der Waals surface area contributed by atoms with E-state index in [2.05, 4.69) is 13.5 Å². The van der Waals surface area contributed by atoms with Crippen molar-refractivity contribution in [3.8, 4) is 0 Å². The molecular weight excluding hydrogens is 360 g/mol. The van der Waals surface area contributed by atoms with Crippen LogP contribution >= 0.6 is 0 Å². The maximum atomic E-state index is 12.1. The van der Waals surface area contributed by atoms with E-state index in [0.29, 0.717) is 6.42 Å². The molecule has 160 valence electrons. The normalized spacial score (nSPS) is 11.9. The average molecular weight is 397 g/mol. The minimum absolute atomic E-state index is 0.0781. The lowest BCUT2D eigenvalue weighted by atomic mass is 10.0. The highest BCUT2D eigenvalue weighted by atomic mass is 16.6. The standard InChI is InChI=1S/C22H36O6/c1-4-5-6-7-8-9-10-11-12-13-14-19(17-20(23)24)22(26)28-16-15-27-21(25)18(2)3/h12-13,19H,2,4-11,14-17H2,1,3H3,(H,23,24)/b13-12+. The lowest BCUT2D eigenvalue weighted by Crippen LogP contribution is -2.22. The van der Waals surface area contributed by atoms with Gasteiger partial charge in [-0.05, 0) is 26.2 Å². The molecule has 6 nitrogen and oxygen atoms in total. The monoisotopic (exact) mass is 396 g/mol. The van der Waals surface area contributed by atoms with E-state index >= 15 is 0 Å². The summed E-state index contributed by atoms with van der Waals surface area (Å²) in [5, 5.41) is 8.99. The van der Waals surface area contributed by atoms with Gasteiger partial charge in [-0.2, -0.15) is 0 Å². The van der Waals surface area contributed by atoms with Gasteiger partial charge >= 0.3 is 17.9 Å². The molecule has 0 aliphatic heterocycles. The number of carbonyl (C=O) groups excluding carboxylic acids is 2. The molecule has 28 heavy (non-hydrogen) atoms. The SMILES string of the molecule is C=C(C)C(=O)OCCOC(=O)C(C/C=C/CCCCCCCCC)CC(=O)O. The van der Waals surface area contributed by atoms with Gasteiger partial charge in [0.25, 0.3) is 0 Å². The molecule has 0 rings (SSSR count). The van der Waals surface area contributed by atoms with Gasteiger partial charge in [0.05, 0.1) is 12.3 Å². The lowest BCUT2D eigenvalue weighted by molar-refractivity contribution is -0.156. The van der Waals surface area contributed by atoms with Crippen LogP contribution in [-0.4, -0.2) is 36.2 Å². The fraction of sp³-hybridized carbons (Fsp3) is 0.682. The van der Waals surface area contributed by atoms with Crippen LogP contribution in [0.3, 0.4) is 0 Å². The molecule has 0 aliphatic rings. The van der Waals surface area contributed by atoms with Gasteiger partial charge in [-0.15, -0.1) is 0 Å². The fourth-order valence-electron chi connectivity index (χ4n) is 2.59. The van der Waals surface area contributed by atoms with Crippen LogP contribution < -0.4 is 0 Å². The van der Waals surface area contributed by atoms with Crippen LogP contribution in [0.2, 0.25) is 0 Å². The number of rotatable bonds is 17. The van der Waals surface area contributed by atoms with Crippen molar-refractivity contribution in [2.75, 3.05) is 13.2 Å². The molecular formula is C22H36O6. The van der Waals surface area contributed by atoms with E-state index in [1.54, 1.807) is 0 Å². The molecule has 1 atom stereocenters. The van der Waals surface area contributed by atoms with Gasteiger partial charge in [0.1, 0.15) is 13.2 Å². The summed E-state index contributed by atoms with van der Waals surface area (Å²) in [6.07, 6.45) is 13.5. The zero-order valence-corrected chi connectivity index (χ0v) is 17.4. The number of unbranched alkanes of at least 4 members (excludes halogenated alkanes) is 7.